The van der Waals surface area contributed by atoms with Crippen LogP contribution in [0.3, 0.4) is 0 Å². The minimum Gasteiger partial charge on any atom is -0.375 e. The summed E-state index contributed by atoms with van der Waals surface area (Å²) in [6.07, 6.45) is 0. The molecule has 8 aromatic carbocycles. The summed E-state index contributed by atoms with van der Waals surface area (Å²) in [5.41, 5.74) is 23.7. The highest BCUT2D eigenvalue weighted by atomic mass is 15.0. The molecule has 0 unspecified atom stereocenters. The Kier molecular flexibility index (Phi) is 7.71. The van der Waals surface area contributed by atoms with Crippen molar-refractivity contribution in [1.82, 2.24) is 9.05 Å². The van der Waals surface area contributed by atoms with Crippen molar-refractivity contribution in [3.05, 3.63) is 161 Å². The normalized spacial score (nSPS) is 13.6. The van der Waals surface area contributed by atoms with Crippen molar-refractivity contribution in [2.45, 2.75) is 92.4 Å². The molecule has 0 aliphatic carbocycles. The summed E-state index contributed by atoms with van der Waals surface area (Å²) < 4.78 is 5.43. The lowest BCUT2D eigenvalue weighted by molar-refractivity contribution is 0.590. The Morgan fingerprint density at radius 2 is 1.05 bits per heavy atom. The Morgan fingerprint density at radius 1 is 0.413 bits per heavy atom. The highest BCUT2D eigenvalue weighted by Gasteiger charge is 2.43. The fraction of sp³-hybridized carbons (Fsp3) is 0.233. The van der Waals surface area contributed by atoms with Gasteiger partial charge in [-0.15, -0.1) is 0 Å². The van der Waals surface area contributed by atoms with Crippen molar-refractivity contribution in [2.75, 3.05) is 0 Å². The maximum absolute atomic E-state index is 2.75. The van der Waals surface area contributed by atoms with E-state index in [1.54, 1.807) is 0 Å². The van der Waals surface area contributed by atoms with Gasteiger partial charge in [0, 0.05) is 49.2 Å². The van der Waals surface area contributed by atoms with Gasteiger partial charge in [-0.05, 0) is 133 Å². The first kappa shape index (κ1) is 38.4. The lowest BCUT2D eigenvalue weighted by atomic mass is 9.45. The SMILES string of the molecule is Cc1cc(C)cc(-c2cc3c4c(c2)-n2c5c(cc(-c6ccc(C(C)(C)C)cc6)cc5c5ccc6ccccc6c52)B4n2c4ccc(C(C)(C)C)cc4c4cc(C(C)(C)C)cc-3c42)c1. The van der Waals surface area contributed by atoms with Crippen molar-refractivity contribution >= 4 is 72.2 Å². The number of fused-ring (bicyclic) bond motifs is 12. The summed E-state index contributed by atoms with van der Waals surface area (Å²) in [5.74, 6) is 0. The van der Waals surface area contributed by atoms with Gasteiger partial charge in [0.25, 0.3) is 0 Å². The summed E-state index contributed by atoms with van der Waals surface area (Å²) in [6, 6.07) is 52.7. The average Bonchev–Trinajstić information content (AvgIpc) is 3.75. The molecule has 0 saturated heterocycles. The molecular weight excluding hydrogens is 759 g/mol. The van der Waals surface area contributed by atoms with Crippen molar-refractivity contribution in [1.29, 1.82) is 0 Å². The van der Waals surface area contributed by atoms with Gasteiger partial charge in [0.15, 0.2) is 0 Å². The molecule has 0 atom stereocenters. The molecule has 2 aliphatic rings. The average molecular weight is 815 g/mol. The Hall–Kier alpha value is -6.32. The third-order valence-electron chi connectivity index (χ3n) is 14.6. The van der Waals surface area contributed by atoms with Crippen LogP contribution in [0.4, 0.5) is 0 Å². The lowest BCUT2D eigenvalue weighted by Crippen LogP contribution is -2.55. The third kappa shape index (κ3) is 5.51. The van der Waals surface area contributed by atoms with Crippen LogP contribution in [-0.4, -0.2) is 15.9 Å². The molecule has 2 aromatic heterocycles. The molecule has 63 heavy (non-hydrogen) atoms. The number of rotatable bonds is 2. The van der Waals surface area contributed by atoms with Gasteiger partial charge >= 0.3 is 6.85 Å². The minimum absolute atomic E-state index is 0.0157. The Morgan fingerprint density at radius 3 is 1.76 bits per heavy atom. The maximum atomic E-state index is 2.75. The predicted molar refractivity (Wildman–Crippen MR) is 274 cm³/mol. The van der Waals surface area contributed by atoms with Crippen molar-refractivity contribution in [2.24, 2.45) is 0 Å². The first-order chi connectivity index (χ1) is 29.9. The Balaban J connectivity index is 1.30. The van der Waals surface area contributed by atoms with Crippen LogP contribution in [0.25, 0.3) is 93.5 Å². The topological polar surface area (TPSA) is 9.86 Å². The van der Waals surface area contributed by atoms with Gasteiger partial charge in [0.1, 0.15) is 0 Å². The van der Waals surface area contributed by atoms with Crippen LogP contribution in [0, 0.1) is 13.8 Å². The van der Waals surface area contributed by atoms with Crippen molar-refractivity contribution < 1.29 is 0 Å². The fourth-order valence-electron chi connectivity index (χ4n) is 11.3. The predicted octanol–water partition coefficient (Wildman–Crippen LogP) is 14.8. The van der Waals surface area contributed by atoms with E-state index in [2.05, 4.69) is 219 Å². The monoisotopic (exact) mass is 814 g/mol. The van der Waals surface area contributed by atoms with Crippen LogP contribution in [0.1, 0.15) is 90.1 Å². The van der Waals surface area contributed by atoms with E-state index >= 15 is 0 Å². The third-order valence-corrected chi connectivity index (χ3v) is 14.6. The van der Waals surface area contributed by atoms with Crippen LogP contribution in [0.5, 0.6) is 0 Å². The second kappa shape index (κ2) is 12.7. The second-order valence-corrected chi connectivity index (χ2v) is 22.1. The zero-order chi connectivity index (χ0) is 43.6. The van der Waals surface area contributed by atoms with E-state index in [1.807, 2.05) is 0 Å². The molecule has 0 bridgehead atoms. The molecule has 0 amide bonds. The first-order valence-corrected chi connectivity index (χ1v) is 22.9. The van der Waals surface area contributed by atoms with E-state index in [-0.39, 0.29) is 23.1 Å². The molecule has 3 heteroatoms. The molecule has 2 nitrogen and oxygen atoms in total. The summed E-state index contributed by atoms with van der Waals surface area (Å²) in [7, 11) is 0. The second-order valence-electron chi connectivity index (χ2n) is 22.1. The molecule has 0 N–H and O–H groups in total. The molecule has 12 rings (SSSR count). The summed E-state index contributed by atoms with van der Waals surface area (Å²) in [5, 5.41) is 7.85. The minimum atomic E-state index is -0.0469. The van der Waals surface area contributed by atoms with Gasteiger partial charge in [-0.3, -0.25) is 0 Å². The molecule has 0 fully saturated rings. The molecule has 0 radical (unpaired) electrons. The number of benzene rings is 8. The lowest BCUT2D eigenvalue weighted by Gasteiger charge is -2.35. The molecular formula is C60H55BN2. The zero-order valence-electron chi connectivity index (χ0n) is 38.7. The molecule has 0 spiro atoms. The van der Waals surface area contributed by atoms with Crippen LogP contribution in [0.2, 0.25) is 0 Å². The van der Waals surface area contributed by atoms with E-state index in [1.165, 1.54) is 132 Å². The number of aromatic nitrogens is 2. The molecule has 0 saturated carbocycles. The Bertz CT molecular complexity index is 3610. The van der Waals surface area contributed by atoms with E-state index in [0.29, 0.717) is 0 Å². The molecule has 308 valence electrons. The standard InChI is InChI=1S/C60H55BN2/c1-34-24-35(2)26-38(25-34)40-27-47-50-33-43(60(9,10)11)32-49-46-31-42(59(6,7)8)21-23-52(46)63(56(49)50)61-51-29-39(36-16-19-41(20-17-36)58(3,4)5)28-48-45-22-18-37-14-12-13-15-44(37)55(45)62(57(48)51)53(30-40)54(47)61/h12-33H,1-11H3. The van der Waals surface area contributed by atoms with Gasteiger partial charge < -0.3 is 9.05 Å². The van der Waals surface area contributed by atoms with E-state index in [9.17, 15) is 0 Å². The van der Waals surface area contributed by atoms with Crippen molar-refractivity contribution in [3.63, 3.8) is 0 Å². The number of nitrogens with zero attached hydrogens (tertiary/aromatic N) is 2. The number of hydrogen-bond donors (Lipinski definition) is 0. The van der Waals surface area contributed by atoms with Gasteiger partial charge in [0.2, 0.25) is 0 Å². The van der Waals surface area contributed by atoms with Gasteiger partial charge in [-0.2, -0.15) is 0 Å². The van der Waals surface area contributed by atoms with Gasteiger partial charge in [0.05, 0.1) is 11.0 Å². The Labute approximate surface area is 372 Å². The first-order valence-electron chi connectivity index (χ1n) is 22.9. The van der Waals surface area contributed by atoms with Crippen LogP contribution >= 0.6 is 0 Å². The fourth-order valence-corrected chi connectivity index (χ4v) is 11.3. The van der Waals surface area contributed by atoms with Crippen molar-refractivity contribution in [3.8, 4) is 39.1 Å². The van der Waals surface area contributed by atoms with Crippen LogP contribution in [-0.2, 0) is 16.2 Å². The van der Waals surface area contributed by atoms with Crippen LogP contribution < -0.4 is 10.9 Å². The number of aryl methyl sites for hydroxylation is 2. The van der Waals surface area contributed by atoms with Gasteiger partial charge in [-0.25, -0.2) is 0 Å². The van der Waals surface area contributed by atoms with Gasteiger partial charge in [-0.1, -0.05) is 164 Å². The summed E-state index contributed by atoms with van der Waals surface area (Å²) in [6.45, 7) is 25.5. The number of hydrogen-bond acceptors (Lipinski definition) is 0. The maximum Gasteiger partial charge on any atom is 0.333 e. The van der Waals surface area contributed by atoms with E-state index < -0.39 is 0 Å². The van der Waals surface area contributed by atoms with Crippen LogP contribution in [0.15, 0.2) is 133 Å². The summed E-state index contributed by atoms with van der Waals surface area (Å²) in [4.78, 5) is 0. The highest BCUT2D eigenvalue weighted by Crippen LogP contribution is 2.48. The molecule has 4 heterocycles. The largest absolute Gasteiger partial charge is 0.375 e. The zero-order valence-corrected chi connectivity index (χ0v) is 38.7. The van der Waals surface area contributed by atoms with E-state index in [4.69, 9.17) is 0 Å². The quantitative estimate of drug-likeness (QED) is 0.154. The smallest absolute Gasteiger partial charge is 0.333 e. The van der Waals surface area contributed by atoms with E-state index in [0.717, 1.165) is 0 Å². The molecule has 10 aromatic rings. The summed E-state index contributed by atoms with van der Waals surface area (Å²) >= 11 is 0. The molecule has 2 aliphatic heterocycles. The highest BCUT2D eigenvalue weighted by molar-refractivity contribution is 6.90.